The first-order valence-electron chi connectivity index (χ1n) is 6.99. The fourth-order valence-electron chi connectivity index (χ4n) is 2.46. The molecule has 0 bridgehead atoms. The van der Waals surface area contributed by atoms with Crippen molar-refractivity contribution < 1.29 is 9.67 Å². The molecule has 0 saturated carbocycles. The summed E-state index contributed by atoms with van der Waals surface area (Å²) in [6, 6.07) is 19.9. The molecule has 0 atom stereocenters. The lowest BCUT2D eigenvalue weighted by molar-refractivity contribution is -0.707. The predicted octanol–water partition coefficient (Wildman–Crippen LogP) is 1.50. The summed E-state index contributed by atoms with van der Waals surface area (Å²) in [6.07, 6.45) is 0. The van der Waals surface area contributed by atoms with Crippen LogP contribution in [0, 0.1) is 6.92 Å². The van der Waals surface area contributed by atoms with Crippen molar-refractivity contribution in [2.45, 2.75) is 13.5 Å². The van der Waals surface area contributed by atoms with E-state index in [0.717, 1.165) is 22.9 Å². The van der Waals surface area contributed by atoms with E-state index in [1.54, 1.807) is 0 Å². The molecule has 106 valence electrons. The lowest BCUT2D eigenvalue weighted by atomic mass is 10.2. The van der Waals surface area contributed by atoms with Gasteiger partial charge in [0.2, 0.25) is 5.82 Å². The molecule has 2 aromatic carbocycles. The van der Waals surface area contributed by atoms with Crippen LogP contribution in [0.25, 0.3) is 17.1 Å². The Labute approximate surface area is 123 Å². The number of nitrogens with zero attached hydrogens (tertiary/aromatic N) is 3. The summed E-state index contributed by atoms with van der Waals surface area (Å²) in [5, 5.41) is 15.8. The molecule has 0 spiro atoms. The molecule has 4 heteroatoms. The van der Waals surface area contributed by atoms with Crippen molar-refractivity contribution in [3.63, 3.8) is 0 Å². The molecule has 3 rings (SSSR count). The van der Waals surface area contributed by atoms with Crippen LogP contribution in [0.3, 0.4) is 0 Å². The molecule has 1 aromatic heterocycles. The van der Waals surface area contributed by atoms with Crippen molar-refractivity contribution in [2.24, 2.45) is 0 Å². The van der Waals surface area contributed by atoms with Crippen molar-refractivity contribution in [3.05, 3.63) is 66.5 Å². The molecule has 0 fully saturated rings. The highest BCUT2D eigenvalue weighted by Gasteiger charge is 2.23. The van der Waals surface area contributed by atoms with Crippen LogP contribution in [0.1, 0.15) is 5.82 Å². The second-order valence-electron chi connectivity index (χ2n) is 4.84. The molecule has 4 nitrogen and oxygen atoms in total. The first kappa shape index (κ1) is 13.5. The topological polar surface area (TPSA) is 44.8 Å². The van der Waals surface area contributed by atoms with Crippen LogP contribution in [0.4, 0.5) is 0 Å². The maximum absolute atomic E-state index is 11.1. The van der Waals surface area contributed by atoms with Crippen molar-refractivity contribution >= 4 is 0 Å². The van der Waals surface area contributed by atoms with Gasteiger partial charge in [-0.2, -0.15) is 0 Å². The van der Waals surface area contributed by atoms with Gasteiger partial charge >= 0.3 is 5.82 Å². The third-order valence-corrected chi connectivity index (χ3v) is 3.50. The van der Waals surface area contributed by atoms with Gasteiger partial charge in [0.25, 0.3) is 0 Å². The zero-order valence-corrected chi connectivity index (χ0v) is 11.9. The summed E-state index contributed by atoms with van der Waals surface area (Å²) in [7, 11) is 0. The van der Waals surface area contributed by atoms with Gasteiger partial charge in [-0.3, -0.25) is 0 Å². The highest BCUT2D eigenvalue weighted by Crippen LogP contribution is 2.16. The van der Waals surface area contributed by atoms with E-state index in [1.807, 2.05) is 76.8 Å². The molecule has 3 aromatic rings. The molecular weight excluding hydrogens is 262 g/mol. The average Bonchev–Trinajstić information content (AvgIpc) is 2.87. The Morgan fingerprint density at radius 2 is 1.62 bits per heavy atom. The summed E-state index contributed by atoms with van der Waals surface area (Å²) in [5.74, 6) is 1.78. The van der Waals surface area contributed by atoms with E-state index >= 15 is 0 Å². The Kier molecular flexibility index (Phi) is 3.79. The molecule has 0 saturated heterocycles. The maximum atomic E-state index is 11.1. The van der Waals surface area contributed by atoms with Crippen LogP contribution in [0.5, 0.6) is 0 Å². The molecule has 1 heterocycles. The van der Waals surface area contributed by atoms with Crippen LogP contribution in [-0.2, 0) is 6.54 Å². The minimum atomic E-state index is -0.161. The molecule has 0 aliphatic rings. The van der Waals surface area contributed by atoms with E-state index in [0.29, 0.717) is 6.54 Å². The van der Waals surface area contributed by atoms with Crippen molar-refractivity contribution in [2.75, 3.05) is 6.61 Å². The van der Waals surface area contributed by atoms with Gasteiger partial charge in [-0.15, -0.1) is 6.61 Å². The SMILES string of the molecule is Cc1n(-c2ccccc2)nc(-c2ccccc2)[n+]1CC[O-]. The molecule has 0 amide bonds. The fraction of sp³-hybridized carbons (Fsp3) is 0.176. The van der Waals surface area contributed by atoms with Gasteiger partial charge in [-0.1, -0.05) is 41.1 Å². The van der Waals surface area contributed by atoms with Gasteiger partial charge < -0.3 is 5.11 Å². The van der Waals surface area contributed by atoms with Crippen LogP contribution in [0.2, 0.25) is 0 Å². The largest absolute Gasteiger partial charge is 0.852 e. The maximum Gasteiger partial charge on any atom is 0.309 e. The van der Waals surface area contributed by atoms with Gasteiger partial charge in [-0.25, -0.2) is 4.57 Å². The lowest BCUT2D eigenvalue weighted by Crippen LogP contribution is -2.42. The van der Waals surface area contributed by atoms with Crippen LogP contribution in [0.15, 0.2) is 60.7 Å². The fourth-order valence-corrected chi connectivity index (χ4v) is 2.46. The predicted molar refractivity (Wildman–Crippen MR) is 78.8 cm³/mol. The van der Waals surface area contributed by atoms with E-state index in [-0.39, 0.29) is 6.61 Å². The van der Waals surface area contributed by atoms with Gasteiger partial charge in [0.15, 0.2) is 0 Å². The Balaban J connectivity index is 2.16. The quantitative estimate of drug-likeness (QED) is 0.679. The van der Waals surface area contributed by atoms with E-state index in [4.69, 9.17) is 5.10 Å². The Morgan fingerprint density at radius 3 is 2.24 bits per heavy atom. The zero-order chi connectivity index (χ0) is 14.7. The van der Waals surface area contributed by atoms with E-state index in [9.17, 15) is 5.11 Å². The van der Waals surface area contributed by atoms with Crippen molar-refractivity contribution in [1.29, 1.82) is 0 Å². The number of aromatic nitrogens is 3. The van der Waals surface area contributed by atoms with E-state index in [2.05, 4.69) is 0 Å². The third kappa shape index (κ3) is 2.58. The molecule has 0 aliphatic heterocycles. The molecule has 0 N–H and O–H groups in total. The summed E-state index contributed by atoms with van der Waals surface area (Å²) < 4.78 is 3.87. The Bertz CT molecular complexity index is 721. The zero-order valence-electron chi connectivity index (χ0n) is 11.9. The number of hydrogen-bond acceptors (Lipinski definition) is 2. The van der Waals surface area contributed by atoms with E-state index < -0.39 is 0 Å². The second kappa shape index (κ2) is 5.89. The van der Waals surface area contributed by atoms with Gasteiger partial charge in [0.05, 0.1) is 17.2 Å². The third-order valence-electron chi connectivity index (χ3n) is 3.50. The second-order valence-corrected chi connectivity index (χ2v) is 4.84. The first-order valence-corrected chi connectivity index (χ1v) is 6.99. The number of benzene rings is 2. The molecule has 0 aliphatic carbocycles. The molecule has 21 heavy (non-hydrogen) atoms. The van der Waals surface area contributed by atoms with Gasteiger partial charge in [-0.05, 0) is 24.3 Å². The number of rotatable bonds is 4. The molecule has 0 unspecified atom stereocenters. The van der Waals surface area contributed by atoms with Crippen LogP contribution < -0.4 is 9.67 Å². The minimum Gasteiger partial charge on any atom is -0.852 e. The van der Waals surface area contributed by atoms with Crippen LogP contribution in [-0.4, -0.2) is 16.4 Å². The van der Waals surface area contributed by atoms with Crippen molar-refractivity contribution in [3.8, 4) is 17.1 Å². The number of para-hydroxylation sites is 1. The lowest BCUT2D eigenvalue weighted by Gasteiger charge is -2.04. The van der Waals surface area contributed by atoms with E-state index in [1.165, 1.54) is 0 Å². The highest BCUT2D eigenvalue weighted by atomic mass is 16.3. The van der Waals surface area contributed by atoms with Crippen LogP contribution >= 0.6 is 0 Å². The summed E-state index contributed by atoms with van der Waals surface area (Å²) in [4.78, 5) is 0. The summed E-state index contributed by atoms with van der Waals surface area (Å²) in [5.41, 5.74) is 2.01. The van der Waals surface area contributed by atoms with Gasteiger partial charge in [0, 0.05) is 6.92 Å². The Hall–Kier alpha value is -2.46. The summed E-state index contributed by atoms with van der Waals surface area (Å²) >= 11 is 0. The number of hydrogen-bond donors (Lipinski definition) is 0. The molecular formula is C17H17N3O. The first-order chi connectivity index (χ1) is 10.3. The van der Waals surface area contributed by atoms with Crippen molar-refractivity contribution in [1.82, 2.24) is 9.78 Å². The smallest absolute Gasteiger partial charge is 0.309 e. The standard InChI is InChI=1S/C17H17N3O/c1-14-19(12-13-21)17(15-8-4-2-5-9-15)18-20(14)16-10-6-3-7-11-16/h2-11H,12-13H2,1H3. The molecule has 0 radical (unpaired) electrons. The normalized spacial score (nSPS) is 10.8. The highest BCUT2D eigenvalue weighted by molar-refractivity contribution is 5.51. The minimum absolute atomic E-state index is 0.161. The summed E-state index contributed by atoms with van der Waals surface area (Å²) in [6.45, 7) is 2.25. The Morgan fingerprint density at radius 1 is 1.00 bits per heavy atom. The average molecular weight is 279 g/mol. The monoisotopic (exact) mass is 279 g/mol. The van der Waals surface area contributed by atoms with Gasteiger partial charge in [0.1, 0.15) is 5.69 Å².